The number of carbonyl (C=O) groups is 1. The fourth-order valence-corrected chi connectivity index (χ4v) is 4.21. The van der Waals surface area contributed by atoms with Crippen LogP contribution in [0.4, 0.5) is 4.79 Å². The van der Waals surface area contributed by atoms with Crippen LogP contribution >= 0.6 is 0 Å². The fourth-order valence-electron chi connectivity index (χ4n) is 4.21. The molecule has 1 aliphatic heterocycles. The molecular formula is C20H27N5O. The molecule has 0 unspecified atom stereocenters. The Bertz CT molecular complexity index is 723. The molecule has 4 rings (SSSR count). The van der Waals surface area contributed by atoms with E-state index in [-0.39, 0.29) is 6.03 Å². The van der Waals surface area contributed by atoms with E-state index in [2.05, 4.69) is 19.9 Å². The van der Waals surface area contributed by atoms with Gasteiger partial charge in [-0.2, -0.15) is 0 Å². The number of amides is 2. The maximum absolute atomic E-state index is 12.6. The van der Waals surface area contributed by atoms with Gasteiger partial charge in [-0.25, -0.2) is 9.78 Å². The van der Waals surface area contributed by atoms with E-state index in [1.165, 1.54) is 18.4 Å². The number of nitrogens with one attached hydrogen (secondary N) is 1. The lowest BCUT2D eigenvalue weighted by Crippen LogP contribution is -2.47. The summed E-state index contributed by atoms with van der Waals surface area (Å²) in [5.74, 6) is 1.38. The molecule has 1 aliphatic carbocycles. The quantitative estimate of drug-likeness (QED) is 0.918. The summed E-state index contributed by atoms with van der Waals surface area (Å²) in [6, 6.07) is 4.54. The fraction of sp³-hybridized carbons (Fsp3) is 0.550. The zero-order valence-electron chi connectivity index (χ0n) is 15.2. The molecule has 0 bridgehead atoms. The summed E-state index contributed by atoms with van der Waals surface area (Å²) in [6.45, 7) is 2.40. The minimum absolute atomic E-state index is 0.105. The van der Waals surface area contributed by atoms with Gasteiger partial charge in [-0.15, -0.1) is 0 Å². The highest BCUT2D eigenvalue weighted by atomic mass is 16.2. The number of pyridine rings is 1. The van der Waals surface area contributed by atoms with Crippen LogP contribution in [0.15, 0.2) is 36.9 Å². The van der Waals surface area contributed by atoms with Crippen LogP contribution in [0, 0.1) is 0 Å². The van der Waals surface area contributed by atoms with Gasteiger partial charge in [0.05, 0.1) is 0 Å². The van der Waals surface area contributed by atoms with Crippen molar-refractivity contribution in [1.82, 2.24) is 24.8 Å². The Labute approximate surface area is 154 Å². The van der Waals surface area contributed by atoms with Crippen molar-refractivity contribution in [3.8, 4) is 0 Å². The maximum Gasteiger partial charge on any atom is 0.317 e. The Hall–Kier alpha value is -2.37. The Morgan fingerprint density at radius 3 is 2.73 bits per heavy atom. The minimum atomic E-state index is 0.105. The lowest BCUT2D eigenvalue weighted by atomic mass is 9.97. The summed E-state index contributed by atoms with van der Waals surface area (Å²) in [6.07, 6.45) is 14.4. The van der Waals surface area contributed by atoms with Crippen LogP contribution in [0.1, 0.15) is 55.8 Å². The second-order valence-electron chi connectivity index (χ2n) is 7.48. The first kappa shape index (κ1) is 17.1. The summed E-state index contributed by atoms with van der Waals surface area (Å²) in [5.41, 5.74) is 1.21. The first-order valence-corrected chi connectivity index (χ1v) is 9.75. The Kier molecular flexibility index (Phi) is 5.18. The standard InChI is InChI=1S/C20H27N5O/c26-20(23-18-5-1-2-6-18)25-12-3-4-17(15-25)19-22-11-13-24(19)14-16-7-9-21-10-8-16/h7-11,13,17-18H,1-6,12,14-15H2,(H,23,26)/t17-/m0/s1. The third-order valence-electron chi connectivity index (χ3n) is 5.61. The predicted molar refractivity (Wildman–Crippen MR) is 99.9 cm³/mol. The van der Waals surface area contributed by atoms with Crippen molar-refractivity contribution in [2.45, 2.75) is 57.0 Å². The summed E-state index contributed by atoms with van der Waals surface area (Å²) in [5, 5.41) is 3.22. The van der Waals surface area contributed by atoms with Gasteiger partial charge in [0.25, 0.3) is 0 Å². The number of aromatic nitrogens is 3. The number of hydrogen-bond donors (Lipinski definition) is 1. The largest absolute Gasteiger partial charge is 0.335 e. The van der Waals surface area contributed by atoms with Gasteiger partial charge < -0.3 is 14.8 Å². The van der Waals surface area contributed by atoms with Crippen molar-refractivity contribution in [2.24, 2.45) is 0 Å². The van der Waals surface area contributed by atoms with Crippen LogP contribution in [0.3, 0.4) is 0 Å². The zero-order chi connectivity index (χ0) is 17.8. The maximum atomic E-state index is 12.6. The molecule has 0 aromatic carbocycles. The van der Waals surface area contributed by atoms with Crippen molar-refractivity contribution < 1.29 is 4.79 Å². The summed E-state index contributed by atoms with van der Waals surface area (Å²) in [7, 11) is 0. The molecule has 2 aliphatic rings. The molecule has 6 nitrogen and oxygen atoms in total. The average molecular weight is 353 g/mol. The third-order valence-corrected chi connectivity index (χ3v) is 5.61. The molecule has 2 fully saturated rings. The van der Waals surface area contributed by atoms with Crippen LogP contribution in [0.5, 0.6) is 0 Å². The number of rotatable bonds is 4. The van der Waals surface area contributed by atoms with Gasteiger partial charge in [0, 0.05) is 56.4 Å². The molecule has 1 saturated carbocycles. The van der Waals surface area contributed by atoms with Gasteiger partial charge >= 0.3 is 6.03 Å². The molecule has 3 heterocycles. The predicted octanol–water partition coefficient (Wildman–Crippen LogP) is 3.16. The first-order valence-electron chi connectivity index (χ1n) is 9.75. The first-order chi connectivity index (χ1) is 12.8. The van der Waals surface area contributed by atoms with Crippen LogP contribution < -0.4 is 5.32 Å². The summed E-state index contributed by atoms with van der Waals surface area (Å²) < 4.78 is 2.21. The van der Waals surface area contributed by atoms with E-state index < -0.39 is 0 Å². The Morgan fingerprint density at radius 1 is 1.12 bits per heavy atom. The molecule has 26 heavy (non-hydrogen) atoms. The van der Waals surface area contributed by atoms with Crippen molar-refractivity contribution >= 4 is 6.03 Å². The zero-order valence-corrected chi connectivity index (χ0v) is 15.2. The highest BCUT2D eigenvalue weighted by molar-refractivity contribution is 5.74. The number of piperidine rings is 1. The number of likely N-dealkylation sites (tertiary alicyclic amines) is 1. The van der Waals surface area contributed by atoms with E-state index in [9.17, 15) is 4.79 Å². The molecule has 0 spiro atoms. The number of nitrogens with zero attached hydrogens (tertiary/aromatic N) is 4. The third kappa shape index (κ3) is 3.89. The second kappa shape index (κ2) is 7.89. The molecule has 2 amide bonds. The molecular weight excluding hydrogens is 326 g/mol. The number of hydrogen-bond acceptors (Lipinski definition) is 3. The number of urea groups is 1. The van der Waals surface area contributed by atoms with Gasteiger partial charge in [-0.3, -0.25) is 4.98 Å². The van der Waals surface area contributed by atoms with Crippen molar-refractivity contribution in [3.63, 3.8) is 0 Å². The summed E-state index contributed by atoms with van der Waals surface area (Å²) in [4.78, 5) is 23.3. The normalized spacial score (nSPS) is 21.1. The second-order valence-corrected chi connectivity index (χ2v) is 7.48. The summed E-state index contributed by atoms with van der Waals surface area (Å²) >= 11 is 0. The average Bonchev–Trinajstić information content (AvgIpc) is 3.35. The van der Waals surface area contributed by atoms with Gasteiger partial charge in [0.15, 0.2) is 0 Å². The number of carbonyl (C=O) groups excluding carboxylic acids is 1. The van der Waals surface area contributed by atoms with E-state index >= 15 is 0 Å². The van der Waals surface area contributed by atoms with E-state index in [0.29, 0.717) is 12.0 Å². The molecule has 1 N–H and O–H groups in total. The molecule has 0 radical (unpaired) electrons. The molecule has 2 aromatic rings. The molecule has 1 atom stereocenters. The Morgan fingerprint density at radius 2 is 1.92 bits per heavy atom. The smallest absolute Gasteiger partial charge is 0.317 e. The Balaban J connectivity index is 1.41. The monoisotopic (exact) mass is 353 g/mol. The highest BCUT2D eigenvalue weighted by Gasteiger charge is 2.29. The SMILES string of the molecule is O=C(NC1CCCC1)N1CCC[C@H](c2nccn2Cc2ccncc2)C1. The lowest BCUT2D eigenvalue weighted by Gasteiger charge is -2.33. The van der Waals surface area contributed by atoms with Crippen molar-refractivity contribution in [3.05, 3.63) is 48.3 Å². The molecule has 138 valence electrons. The molecule has 2 aromatic heterocycles. The lowest BCUT2D eigenvalue weighted by molar-refractivity contribution is 0.174. The van der Waals surface area contributed by atoms with E-state index in [1.807, 2.05) is 41.8 Å². The van der Waals surface area contributed by atoms with Crippen LogP contribution in [0.25, 0.3) is 0 Å². The van der Waals surface area contributed by atoms with Crippen LogP contribution in [0.2, 0.25) is 0 Å². The van der Waals surface area contributed by atoms with E-state index in [1.54, 1.807) is 0 Å². The number of imidazole rings is 1. The molecule has 6 heteroatoms. The topological polar surface area (TPSA) is 63.1 Å². The van der Waals surface area contributed by atoms with Gasteiger partial charge in [0.2, 0.25) is 0 Å². The minimum Gasteiger partial charge on any atom is -0.335 e. The van der Waals surface area contributed by atoms with E-state index in [0.717, 1.165) is 51.1 Å². The van der Waals surface area contributed by atoms with E-state index in [4.69, 9.17) is 0 Å². The highest BCUT2D eigenvalue weighted by Crippen LogP contribution is 2.27. The van der Waals surface area contributed by atoms with Crippen LogP contribution in [-0.2, 0) is 6.54 Å². The van der Waals surface area contributed by atoms with Crippen molar-refractivity contribution in [1.29, 1.82) is 0 Å². The van der Waals surface area contributed by atoms with Crippen LogP contribution in [-0.4, -0.2) is 44.6 Å². The van der Waals surface area contributed by atoms with Gasteiger partial charge in [0.1, 0.15) is 5.82 Å². The van der Waals surface area contributed by atoms with Crippen molar-refractivity contribution in [2.75, 3.05) is 13.1 Å². The van der Waals surface area contributed by atoms with Gasteiger partial charge in [-0.05, 0) is 43.4 Å². The molecule has 1 saturated heterocycles. The van der Waals surface area contributed by atoms with Gasteiger partial charge in [-0.1, -0.05) is 12.8 Å².